The number of benzene rings is 2. The summed E-state index contributed by atoms with van der Waals surface area (Å²) in [6, 6.07) is 15.0. The molecule has 3 N–H and O–H groups in total. The highest BCUT2D eigenvalue weighted by Gasteiger charge is 2.15. The highest BCUT2D eigenvalue weighted by atomic mass is 79.9. The van der Waals surface area contributed by atoms with E-state index in [0.717, 1.165) is 25.9 Å². The number of hydrogen-bond acceptors (Lipinski definition) is 3. The normalized spacial score (nSPS) is 12.7. The summed E-state index contributed by atoms with van der Waals surface area (Å²) in [7, 11) is 0. The first-order valence-corrected chi connectivity index (χ1v) is 8.17. The SMILES string of the molecule is NNC(Cc1ccccc1Br)c1cc2ccc(F)cc2s1. The van der Waals surface area contributed by atoms with E-state index in [1.54, 1.807) is 23.5 Å². The fourth-order valence-corrected chi connectivity index (χ4v) is 3.92. The monoisotopic (exact) mass is 364 g/mol. The van der Waals surface area contributed by atoms with Crippen molar-refractivity contribution in [3.8, 4) is 0 Å². The second-order valence-electron chi connectivity index (χ2n) is 4.85. The quantitative estimate of drug-likeness (QED) is 0.526. The van der Waals surface area contributed by atoms with Gasteiger partial charge in [-0.05, 0) is 41.6 Å². The van der Waals surface area contributed by atoms with Crippen LogP contribution < -0.4 is 11.3 Å². The lowest BCUT2D eigenvalue weighted by atomic mass is 10.0. The average Bonchev–Trinajstić information content (AvgIpc) is 2.89. The van der Waals surface area contributed by atoms with Crippen molar-refractivity contribution >= 4 is 37.4 Å². The molecular formula is C16H14BrFN2S. The molecule has 1 heterocycles. The molecule has 0 saturated heterocycles. The molecule has 0 saturated carbocycles. The van der Waals surface area contributed by atoms with E-state index in [4.69, 9.17) is 5.84 Å². The Bertz CT molecular complexity index is 772. The molecule has 3 rings (SSSR count). The van der Waals surface area contributed by atoms with Crippen LogP contribution in [0.2, 0.25) is 0 Å². The molecular weight excluding hydrogens is 351 g/mol. The van der Waals surface area contributed by atoms with Crippen molar-refractivity contribution < 1.29 is 4.39 Å². The zero-order valence-corrected chi connectivity index (χ0v) is 13.5. The van der Waals surface area contributed by atoms with Crippen LogP contribution in [0.15, 0.2) is 53.0 Å². The Labute approximate surface area is 134 Å². The third-order valence-corrected chi connectivity index (χ3v) is 5.41. The van der Waals surface area contributed by atoms with Gasteiger partial charge in [0, 0.05) is 14.0 Å². The van der Waals surface area contributed by atoms with Gasteiger partial charge in [-0.25, -0.2) is 4.39 Å². The Morgan fingerprint density at radius 1 is 1.19 bits per heavy atom. The van der Waals surface area contributed by atoms with Crippen LogP contribution in [-0.4, -0.2) is 0 Å². The topological polar surface area (TPSA) is 38.0 Å². The second-order valence-corrected chi connectivity index (χ2v) is 6.82. The number of hydrogen-bond donors (Lipinski definition) is 2. The van der Waals surface area contributed by atoms with Crippen molar-refractivity contribution in [1.29, 1.82) is 0 Å². The average molecular weight is 365 g/mol. The summed E-state index contributed by atoms with van der Waals surface area (Å²) >= 11 is 5.13. The lowest BCUT2D eigenvalue weighted by Crippen LogP contribution is -2.29. The molecule has 5 heteroatoms. The molecule has 0 aliphatic carbocycles. The fraction of sp³-hybridized carbons (Fsp3) is 0.125. The van der Waals surface area contributed by atoms with Crippen LogP contribution in [0.25, 0.3) is 10.1 Å². The van der Waals surface area contributed by atoms with Gasteiger partial charge in [0.05, 0.1) is 6.04 Å². The molecule has 21 heavy (non-hydrogen) atoms. The van der Waals surface area contributed by atoms with Gasteiger partial charge in [-0.15, -0.1) is 11.3 Å². The minimum atomic E-state index is -0.209. The molecule has 0 amide bonds. The molecule has 0 aliphatic heterocycles. The first-order chi connectivity index (χ1) is 10.2. The summed E-state index contributed by atoms with van der Waals surface area (Å²) in [6.45, 7) is 0. The van der Waals surface area contributed by atoms with Crippen molar-refractivity contribution in [3.05, 3.63) is 69.3 Å². The molecule has 2 nitrogen and oxygen atoms in total. The van der Waals surface area contributed by atoms with E-state index in [2.05, 4.69) is 33.5 Å². The zero-order valence-electron chi connectivity index (χ0n) is 11.1. The fourth-order valence-electron chi connectivity index (χ4n) is 2.32. The van der Waals surface area contributed by atoms with Crippen LogP contribution in [0.4, 0.5) is 4.39 Å². The molecule has 0 bridgehead atoms. The first kappa shape index (κ1) is 14.7. The molecule has 2 aromatic carbocycles. The maximum absolute atomic E-state index is 13.3. The van der Waals surface area contributed by atoms with Crippen molar-refractivity contribution in [2.24, 2.45) is 5.84 Å². The van der Waals surface area contributed by atoms with Gasteiger partial charge >= 0.3 is 0 Å². The van der Waals surface area contributed by atoms with E-state index in [-0.39, 0.29) is 11.9 Å². The van der Waals surface area contributed by atoms with Crippen molar-refractivity contribution in [2.45, 2.75) is 12.5 Å². The van der Waals surface area contributed by atoms with Crippen LogP contribution in [0, 0.1) is 5.82 Å². The molecule has 1 atom stereocenters. The summed E-state index contributed by atoms with van der Waals surface area (Å²) < 4.78 is 15.3. The Hall–Kier alpha value is -1.27. The van der Waals surface area contributed by atoms with Crippen LogP contribution in [0.3, 0.4) is 0 Å². The number of rotatable bonds is 4. The summed E-state index contributed by atoms with van der Waals surface area (Å²) in [5, 5.41) is 1.05. The molecule has 0 radical (unpaired) electrons. The molecule has 3 aromatic rings. The Morgan fingerprint density at radius 3 is 2.76 bits per heavy atom. The lowest BCUT2D eigenvalue weighted by molar-refractivity contribution is 0.560. The molecule has 108 valence electrons. The molecule has 0 spiro atoms. The third kappa shape index (κ3) is 3.16. The van der Waals surface area contributed by atoms with E-state index in [1.165, 1.54) is 11.6 Å². The zero-order chi connectivity index (χ0) is 14.8. The Kier molecular flexibility index (Phi) is 4.35. The van der Waals surface area contributed by atoms with Crippen LogP contribution in [-0.2, 0) is 6.42 Å². The molecule has 1 unspecified atom stereocenters. The van der Waals surface area contributed by atoms with Gasteiger partial charge in [-0.1, -0.05) is 40.2 Å². The predicted molar refractivity (Wildman–Crippen MR) is 89.7 cm³/mol. The van der Waals surface area contributed by atoms with Crippen LogP contribution in [0.5, 0.6) is 0 Å². The summed E-state index contributed by atoms with van der Waals surface area (Å²) in [4.78, 5) is 1.11. The highest BCUT2D eigenvalue weighted by molar-refractivity contribution is 9.10. The third-order valence-electron chi connectivity index (χ3n) is 3.43. The van der Waals surface area contributed by atoms with Gasteiger partial charge < -0.3 is 0 Å². The Morgan fingerprint density at radius 2 is 2.00 bits per heavy atom. The van der Waals surface area contributed by atoms with Crippen LogP contribution in [0.1, 0.15) is 16.5 Å². The van der Waals surface area contributed by atoms with Crippen molar-refractivity contribution in [3.63, 3.8) is 0 Å². The van der Waals surface area contributed by atoms with E-state index in [1.807, 2.05) is 18.2 Å². The Balaban J connectivity index is 1.93. The van der Waals surface area contributed by atoms with E-state index >= 15 is 0 Å². The number of hydrazine groups is 1. The maximum atomic E-state index is 13.3. The first-order valence-electron chi connectivity index (χ1n) is 6.56. The van der Waals surface area contributed by atoms with Gasteiger partial charge in [0.25, 0.3) is 0 Å². The van der Waals surface area contributed by atoms with E-state index in [9.17, 15) is 4.39 Å². The van der Waals surface area contributed by atoms with Gasteiger partial charge in [0.2, 0.25) is 0 Å². The lowest BCUT2D eigenvalue weighted by Gasteiger charge is -2.15. The van der Waals surface area contributed by atoms with Crippen molar-refractivity contribution in [2.75, 3.05) is 0 Å². The summed E-state index contributed by atoms with van der Waals surface area (Å²) in [6.07, 6.45) is 0.771. The van der Waals surface area contributed by atoms with Gasteiger partial charge in [-0.3, -0.25) is 11.3 Å². The van der Waals surface area contributed by atoms with Gasteiger partial charge in [0.1, 0.15) is 5.82 Å². The second kappa shape index (κ2) is 6.23. The van der Waals surface area contributed by atoms with Gasteiger partial charge in [0.15, 0.2) is 0 Å². The molecule has 1 aromatic heterocycles. The smallest absolute Gasteiger partial charge is 0.124 e. The molecule has 0 aliphatic rings. The summed E-state index contributed by atoms with van der Waals surface area (Å²) in [5.74, 6) is 5.51. The maximum Gasteiger partial charge on any atom is 0.124 e. The van der Waals surface area contributed by atoms with E-state index < -0.39 is 0 Å². The number of nitrogens with one attached hydrogen (secondary N) is 1. The number of thiophene rings is 1. The predicted octanol–water partition coefficient (Wildman–Crippen LogP) is 4.55. The van der Waals surface area contributed by atoms with E-state index in [0.29, 0.717) is 0 Å². The number of fused-ring (bicyclic) bond motifs is 1. The minimum Gasteiger partial charge on any atom is -0.271 e. The minimum absolute atomic E-state index is 0.00385. The number of halogens is 2. The van der Waals surface area contributed by atoms with Crippen LogP contribution >= 0.6 is 27.3 Å². The molecule has 0 fully saturated rings. The standard InChI is InChI=1S/C16H14BrFN2S/c17-13-4-2-1-3-10(13)7-14(20-19)16-8-11-5-6-12(18)9-15(11)21-16/h1-6,8-9,14,20H,7,19H2. The summed E-state index contributed by atoms with van der Waals surface area (Å²) in [5.41, 5.74) is 4.05. The van der Waals surface area contributed by atoms with Crippen molar-refractivity contribution in [1.82, 2.24) is 5.43 Å². The largest absolute Gasteiger partial charge is 0.271 e. The number of nitrogens with two attached hydrogens (primary N) is 1. The highest BCUT2D eigenvalue weighted by Crippen LogP contribution is 2.32. The van der Waals surface area contributed by atoms with Gasteiger partial charge in [-0.2, -0.15) is 0 Å².